The van der Waals surface area contributed by atoms with Crippen LogP contribution in [0.4, 0.5) is 20.2 Å². The minimum atomic E-state index is -0.584. The Kier molecular flexibility index (Phi) is 6.44. The number of amides is 2. The van der Waals surface area contributed by atoms with E-state index in [1.54, 1.807) is 12.1 Å². The zero-order valence-corrected chi connectivity index (χ0v) is 15.4. The molecular formula is C16H12Br2F2N2O2. The van der Waals surface area contributed by atoms with Crippen LogP contribution >= 0.6 is 31.9 Å². The second kappa shape index (κ2) is 8.34. The zero-order chi connectivity index (χ0) is 17.7. The maximum Gasteiger partial charge on any atom is 0.224 e. The molecule has 0 bridgehead atoms. The molecule has 0 unspecified atom stereocenters. The highest BCUT2D eigenvalue weighted by Crippen LogP contribution is 2.21. The first kappa shape index (κ1) is 18.5. The molecule has 2 amide bonds. The Balaban J connectivity index is 1.85. The van der Waals surface area contributed by atoms with Crippen LogP contribution in [0.5, 0.6) is 0 Å². The Morgan fingerprint density at radius 2 is 1.17 bits per heavy atom. The molecule has 2 N–H and O–H groups in total. The van der Waals surface area contributed by atoms with Crippen molar-refractivity contribution in [2.45, 2.75) is 12.8 Å². The summed E-state index contributed by atoms with van der Waals surface area (Å²) in [5.74, 6) is -2.19. The van der Waals surface area contributed by atoms with Gasteiger partial charge in [-0.15, -0.1) is 0 Å². The lowest BCUT2D eigenvalue weighted by Crippen LogP contribution is -2.18. The number of hydrogen-bond acceptors (Lipinski definition) is 2. The van der Waals surface area contributed by atoms with Crippen molar-refractivity contribution in [3.05, 3.63) is 57.0 Å². The molecule has 0 spiro atoms. The van der Waals surface area contributed by atoms with Crippen molar-refractivity contribution in [2.75, 3.05) is 10.6 Å². The number of benzene rings is 2. The van der Waals surface area contributed by atoms with Gasteiger partial charge in [-0.05, 0) is 36.4 Å². The SMILES string of the molecule is O=C(CCC(=O)Nc1ccc(Br)cc1F)Nc1ccc(Br)cc1F. The van der Waals surface area contributed by atoms with Gasteiger partial charge in [-0.2, -0.15) is 0 Å². The standard InChI is InChI=1S/C16H12Br2F2N2O2/c17-9-1-3-13(11(19)7-9)21-15(23)5-6-16(24)22-14-4-2-10(18)8-12(14)20/h1-4,7-8H,5-6H2,(H,21,23)(H,22,24). The lowest BCUT2D eigenvalue weighted by atomic mass is 10.2. The topological polar surface area (TPSA) is 58.2 Å². The fourth-order valence-corrected chi connectivity index (χ4v) is 2.50. The van der Waals surface area contributed by atoms with Crippen LogP contribution in [0.25, 0.3) is 0 Å². The molecule has 126 valence electrons. The molecule has 2 aromatic rings. The molecule has 0 atom stereocenters. The summed E-state index contributed by atoms with van der Waals surface area (Å²) in [5, 5.41) is 4.76. The van der Waals surface area contributed by atoms with E-state index in [9.17, 15) is 18.4 Å². The molecule has 0 heterocycles. The van der Waals surface area contributed by atoms with Gasteiger partial charge in [0.05, 0.1) is 11.4 Å². The van der Waals surface area contributed by atoms with Crippen LogP contribution in [0, 0.1) is 11.6 Å². The van der Waals surface area contributed by atoms with E-state index in [0.717, 1.165) is 0 Å². The van der Waals surface area contributed by atoms with Crippen molar-refractivity contribution < 1.29 is 18.4 Å². The summed E-state index contributed by atoms with van der Waals surface area (Å²) >= 11 is 6.23. The fraction of sp³-hybridized carbons (Fsp3) is 0.125. The lowest BCUT2D eigenvalue weighted by Gasteiger charge is -2.08. The maximum atomic E-state index is 13.6. The number of hydrogen-bond donors (Lipinski definition) is 2. The highest BCUT2D eigenvalue weighted by atomic mass is 79.9. The van der Waals surface area contributed by atoms with E-state index >= 15 is 0 Å². The van der Waals surface area contributed by atoms with Crippen LogP contribution in [0.1, 0.15) is 12.8 Å². The number of carbonyl (C=O) groups excluding carboxylic acids is 2. The van der Waals surface area contributed by atoms with Crippen LogP contribution in [0.15, 0.2) is 45.3 Å². The van der Waals surface area contributed by atoms with Crippen LogP contribution in [0.3, 0.4) is 0 Å². The molecule has 0 aliphatic rings. The molecule has 4 nitrogen and oxygen atoms in total. The fourth-order valence-electron chi connectivity index (χ4n) is 1.83. The molecular weight excluding hydrogens is 450 g/mol. The third kappa shape index (κ3) is 5.38. The quantitative estimate of drug-likeness (QED) is 0.668. The van der Waals surface area contributed by atoms with E-state index in [2.05, 4.69) is 42.5 Å². The van der Waals surface area contributed by atoms with Gasteiger partial charge in [-0.3, -0.25) is 9.59 Å². The van der Waals surface area contributed by atoms with E-state index in [1.807, 2.05) is 0 Å². The molecule has 0 aromatic heterocycles. The molecule has 0 saturated carbocycles. The van der Waals surface area contributed by atoms with E-state index < -0.39 is 23.4 Å². The van der Waals surface area contributed by atoms with Gasteiger partial charge in [-0.25, -0.2) is 8.78 Å². The maximum absolute atomic E-state index is 13.6. The van der Waals surface area contributed by atoms with Gasteiger partial charge in [0.1, 0.15) is 11.6 Å². The van der Waals surface area contributed by atoms with Crippen molar-refractivity contribution in [3.8, 4) is 0 Å². The van der Waals surface area contributed by atoms with Crippen molar-refractivity contribution in [2.24, 2.45) is 0 Å². The molecule has 0 fully saturated rings. The van der Waals surface area contributed by atoms with E-state index in [0.29, 0.717) is 8.95 Å². The molecule has 2 rings (SSSR count). The summed E-state index contributed by atoms with van der Waals surface area (Å²) in [6, 6.07) is 8.43. The molecule has 0 saturated heterocycles. The zero-order valence-electron chi connectivity index (χ0n) is 12.2. The summed E-state index contributed by atoms with van der Waals surface area (Å²) in [4.78, 5) is 23.5. The number of nitrogens with one attached hydrogen (secondary N) is 2. The first-order chi connectivity index (χ1) is 11.3. The number of anilines is 2. The first-order valence-electron chi connectivity index (χ1n) is 6.85. The van der Waals surface area contributed by atoms with Gasteiger partial charge >= 0.3 is 0 Å². The Labute approximate surface area is 153 Å². The van der Waals surface area contributed by atoms with Gasteiger partial charge in [0.2, 0.25) is 11.8 Å². The second-order valence-corrected chi connectivity index (χ2v) is 6.68. The molecule has 8 heteroatoms. The Morgan fingerprint density at radius 3 is 1.50 bits per heavy atom. The van der Waals surface area contributed by atoms with E-state index in [-0.39, 0.29) is 24.2 Å². The average molecular weight is 462 g/mol. The number of halogens is 4. The summed E-state index contributed by atoms with van der Waals surface area (Å²) in [6.45, 7) is 0. The predicted molar refractivity (Wildman–Crippen MR) is 94.7 cm³/mol. The molecule has 24 heavy (non-hydrogen) atoms. The van der Waals surface area contributed by atoms with E-state index in [1.165, 1.54) is 24.3 Å². The van der Waals surface area contributed by atoms with Crippen LogP contribution in [-0.4, -0.2) is 11.8 Å². The Morgan fingerprint density at radius 1 is 0.792 bits per heavy atom. The largest absolute Gasteiger partial charge is 0.324 e. The molecule has 0 aliphatic carbocycles. The van der Waals surface area contributed by atoms with Crippen LogP contribution in [-0.2, 0) is 9.59 Å². The monoisotopic (exact) mass is 460 g/mol. The predicted octanol–water partition coefficient (Wildman–Crippen LogP) is 4.85. The second-order valence-electron chi connectivity index (χ2n) is 4.84. The normalized spacial score (nSPS) is 10.3. The Bertz CT molecular complexity index is 719. The van der Waals surface area contributed by atoms with Crippen LogP contribution < -0.4 is 10.6 Å². The first-order valence-corrected chi connectivity index (χ1v) is 8.43. The summed E-state index contributed by atoms with van der Waals surface area (Å²) in [7, 11) is 0. The number of carbonyl (C=O) groups is 2. The summed E-state index contributed by atoms with van der Waals surface area (Å²) in [5.41, 5.74) is 0.0603. The Hall–Kier alpha value is -1.80. The van der Waals surface area contributed by atoms with Crippen molar-refractivity contribution in [1.82, 2.24) is 0 Å². The summed E-state index contributed by atoms with van der Waals surface area (Å²) in [6.07, 6.45) is -0.307. The summed E-state index contributed by atoms with van der Waals surface area (Å²) < 4.78 is 28.3. The smallest absolute Gasteiger partial charge is 0.224 e. The molecule has 2 aromatic carbocycles. The third-order valence-electron chi connectivity index (χ3n) is 2.99. The van der Waals surface area contributed by atoms with Crippen molar-refractivity contribution in [3.63, 3.8) is 0 Å². The third-order valence-corrected chi connectivity index (χ3v) is 3.98. The highest BCUT2D eigenvalue weighted by molar-refractivity contribution is 9.10. The van der Waals surface area contributed by atoms with E-state index in [4.69, 9.17) is 0 Å². The molecule has 0 aliphatic heterocycles. The highest BCUT2D eigenvalue weighted by Gasteiger charge is 2.12. The van der Waals surface area contributed by atoms with Gasteiger partial charge < -0.3 is 10.6 Å². The minimum absolute atomic E-state index is 0.0302. The minimum Gasteiger partial charge on any atom is -0.324 e. The van der Waals surface area contributed by atoms with Gasteiger partial charge in [0, 0.05) is 21.8 Å². The van der Waals surface area contributed by atoms with Crippen LogP contribution in [0.2, 0.25) is 0 Å². The van der Waals surface area contributed by atoms with Gasteiger partial charge in [0.15, 0.2) is 0 Å². The van der Waals surface area contributed by atoms with Gasteiger partial charge in [0.25, 0.3) is 0 Å². The van der Waals surface area contributed by atoms with Gasteiger partial charge in [-0.1, -0.05) is 31.9 Å². The van der Waals surface area contributed by atoms with Crippen molar-refractivity contribution in [1.29, 1.82) is 0 Å². The lowest BCUT2D eigenvalue weighted by molar-refractivity contribution is -0.121. The average Bonchev–Trinajstić information content (AvgIpc) is 2.51. The molecule has 0 radical (unpaired) electrons. The van der Waals surface area contributed by atoms with Crippen molar-refractivity contribution >= 4 is 55.0 Å². The number of rotatable bonds is 5.